The molecule has 1 N–H and O–H groups in total. The van der Waals surface area contributed by atoms with E-state index in [4.69, 9.17) is 0 Å². The molecule has 0 unspecified atom stereocenters. The number of carbonyl (C=O) groups excluding carboxylic acids is 1. The van der Waals surface area contributed by atoms with E-state index in [0.717, 1.165) is 16.8 Å². The SMILES string of the molecule is CCn1c(CS(=O)(=O)c2ccc(C)cc2)nnc1SCC(=O)Nc1nc(-c2ccccc2)cs1. The van der Waals surface area contributed by atoms with Gasteiger partial charge in [-0.15, -0.1) is 21.5 Å². The Morgan fingerprint density at radius 2 is 1.82 bits per heavy atom. The van der Waals surface area contributed by atoms with E-state index in [0.29, 0.717) is 22.7 Å². The molecule has 2 heterocycles. The number of thiazole rings is 1. The van der Waals surface area contributed by atoms with Crippen LogP contribution in [0.1, 0.15) is 18.3 Å². The van der Waals surface area contributed by atoms with Gasteiger partial charge in [0.1, 0.15) is 11.6 Å². The molecule has 0 atom stereocenters. The summed E-state index contributed by atoms with van der Waals surface area (Å²) < 4.78 is 27.3. The first kappa shape index (κ1) is 24.1. The van der Waals surface area contributed by atoms with Gasteiger partial charge in [0.2, 0.25) is 5.91 Å². The number of hydrogen-bond donors (Lipinski definition) is 1. The second kappa shape index (κ2) is 10.5. The monoisotopic (exact) mass is 513 g/mol. The molecule has 0 saturated carbocycles. The molecule has 0 fully saturated rings. The maximum atomic E-state index is 12.8. The number of benzene rings is 2. The Labute approximate surface area is 206 Å². The summed E-state index contributed by atoms with van der Waals surface area (Å²) in [5.41, 5.74) is 2.78. The second-order valence-corrected chi connectivity index (χ2v) is 11.2. The van der Waals surface area contributed by atoms with Crippen LogP contribution < -0.4 is 5.32 Å². The molecule has 8 nitrogen and oxygen atoms in total. The summed E-state index contributed by atoms with van der Waals surface area (Å²) in [4.78, 5) is 17.2. The Morgan fingerprint density at radius 3 is 2.53 bits per heavy atom. The number of hydrogen-bond acceptors (Lipinski definition) is 8. The van der Waals surface area contributed by atoms with Gasteiger partial charge in [-0.2, -0.15) is 0 Å². The molecule has 0 aliphatic carbocycles. The van der Waals surface area contributed by atoms with Gasteiger partial charge in [-0.3, -0.25) is 4.79 Å². The maximum absolute atomic E-state index is 12.8. The number of sulfone groups is 1. The fraction of sp³-hybridized carbons (Fsp3) is 0.217. The summed E-state index contributed by atoms with van der Waals surface area (Å²) in [6.45, 7) is 4.28. The lowest BCUT2D eigenvalue weighted by molar-refractivity contribution is -0.113. The van der Waals surface area contributed by atoms with Crippen molar-refractivity contribution < 1.29 is 13.2 Å². The number of aromatic nitrogens is 4. The lowest BCUT2D eigenvalue weighted by Gasteiger charge is -2.08. The van der Waals surface area contributed by atoms with Gasteiger partial charge in [0.05, 0.1) is 16.3 Å². The van der Waals surface area contributed by atoms with Crippen LogP contribution in [0.15, 0.2) is 70.0 Å². The van der Waals surface area contributed by atoms with Crippen LogP contribution in [-0.2, 0) is 26.9 Å². The van der Waals surface area contributed by atoms with Crippen LogP contribution in [0.5, 0.6) is 0 Å². The van der Waals surface area contributed by atoms with Crippen LogP contribution in [0.2, 0.25) is 0 Å². The number of thioether (sulfide) groups is 1. The normalized spacial score (nSPS) is 11.5. The van der Waals surface area contributed by atoms with E-state index in [1.165, 1.54) is 23.1 Å². The first-order valence-electron chi connectivity index (χ1n) is 10.5. The largest absolute Gasteiger partial charge is 0.305 e. The predicted octanol–water partition coefficient (Wildman–Crippen LogP) is 4.43. The van der Waals surface area contributed by atoms with Crippen LogP contribution in [-0.4, -0.2) is 39.8 Å². The smallest absolute Gasteiger partial charge is 0.236 e. The van der Waals surface area contributed by atoms with Gasteiger partial charge in [0.25, 0.3) is 0 Å². The highest BCUT2D eigenvalue weighted by Crippen LogP contribution is 2.25. The van der Waals surface area contributed by atoms with Crippen molar-refractivity contribution in [3.05, 3.63) is 71.4 Å². The molecule has 0 bridgehead atoms. The van der Waals surface area contributed by atoms with E-state index < -0.39 is 9.84 Å². The zero-order valence-electron chi connectivity index (χ0n) is 18.6. The standard InChI is InChI=1S/C23H23N5O3S3/c1-3-28-20(15-34(30,31)18-11-9-16(2)10-12-18)26-27-23(28)33-14-21(29)25-22-24-19(13-32-22)17-7-5-4-6-8-17/h4-13H,3,14-15H2,1-2H3,(H,24,25,29). The molecular weight excluding hydrogens is 490 g/mol. The zero-order valence-corrected chi connectivity index (χ0v) is 21.1. The Bertz CT molecular complexity index is 1380. The third-order valence-corrected chi connectivity index (χ3v) is 8.31. The minimum absolute atomic E-state index is 0.100. The summed E-state index contributed by atoms with van der Waals surface area (Å²) in [6, 6.07) is 16.5. The average molecular weight is 514 g/mol. The summed E-state index contributed by atoms with van der Waals surface area (Å²) in [5.74, 6) is -0.0365. The maximum Gasteiger partial charge on any atom is 0.236 e. The number of carbonyl (C=O) groups is 1. The lowest BCUT2D eigenvalue weighted by atomic mass is 10.2. The van der Waals surface area contributed by atoms with Crippen molar-refractivity contribution in [3.63, 3.8) is 0 Å². The highest BCUT2D eigenvalue weighted by Gasteiger charge is 2.21. The fourth-order valence-corrected chi connectivity index (χ4v) is 6.04. The van der Waals surface area contributed by atoms with Crippen molar-refractivity contribution in [2.45, 2.75) is 36.2 Å². The zero-order chi connectivity index (χ0) is 24.1. The van der Waals surface area contributed by atoms with Gasteiger partial charge >= 0.3 is 0 Å². The van der Waals surface area contributed by atoms with Crippen molar-refractivity contribution in [1.82, 2.24) is 19.7 Å². The van der Waals surface area contributed by atoms with E-state index >= 15 is 0 Å². The molecule has 0 spiro atoms. The molecule has 11 heteroatoms. The molecule has 176 valence electrons. The van der Waals surface area contributed by atoms with E-state index in [2.05, 4.69) is 20.5 Å². The van der Waals surface area contributed by atoms with Crippen molar-refractivity contribution in [2.75, 3.05) is 11.1 Å². The van der Waals surface area contributed by atoms with Crippen LogP contribution >= 0.6 is 23.1 Å². The van der Waals surface area contributed by atoms with Gasteiger partial charge < -0.3 is 9.88 Å². The minimum atomic E-state index is -3.56. The topological polar surface area (TPSA) is 107 Å². The van der Waals surface area contributed by atoms with Crippen LogP contribution in [0, 0.1) is 6.92 Å². The summed E-state index contributed by atoms with van der Waals surface area (Å²) >= 11 is 2.57. The van der Waals surface area contributed by atoms with Crippen molar-refractivity contribution in [3.8, 4) is 11.3 Å². The van der Waals surface area contributed by atoms with Gasteiger partial charge in [0, 0.05) is 17.5 Å². The fourth-order valence-electron chi connectivity index (χ4n) is 3.21. The number of amides is 1. The third-order valence-electron chi connectivity index (χ3n) is 4.96. The van der Waals surface area contributed by atoms with Crippen LogP contribution in [0.25, 0.3) is 11.3 Å². The molecule has 2 aromatic carbocycles. The molecule has 1 amide bonds. The van der Waals surface area contributed by atoms with E-state index in [1.807, 2.05) is 49.6 Å². The van der Waals surface area contributed by atoms with Gasteiger partial charge in [0.15, 0.2) is 20.1 Å². The summed E-state index contributed by atoms with van der Waals surface area (Å²) in [5, 5.41) is 13.9. The summed E-state index contributed by atoms with van der Waals surface area (Å²) in [6.07, 6.45) is 0. The molecule has 0 radical (unpaired) electrons. The van der Waals surface area contributed by atoms with Crippen LogP contribution in [0.3, 0.4) is 0 Å². The quantitative estimate of drug-likeness (QED) is 0.330. The molecule has 0 aliphatic heterocycles. The highest BCUT2D eigenvalue weighted by atomic mass is 32.2. The molecule has 0 aliphatic rings. The number of rotatable bonds is 9. The second-order valence-electron chi connectivity index (χ2n) is 7.46. The minimum Gasteiger partial charge on any atom is -0.305 e. The average Bonchev–Trinajstić information content (AvgIpc) is 3.45. The highest BCUT2D eigenvalue weighted by molar-refractivity contribution is 7.99. The van der Waals surface area contributed by atoms with Crippen molar-refractivity contribution >= 4 is 44.0 Å². The van der Waals surface area contributed by atoms with Gasteiger partial charge in [-0.1, -0.05) is 59.8 Å². The van der Waals surface area contributed by atoms with Crippen molar-refractivity contribution in [2.24, 2.45) is 0 Å². The number of anilines is 1. The molecule has 4 aromatic rings. The lowest BCUT2D eigenvalue weighted by Crippen LogP contribution is -2.15. The van der Waals surface area contributed by atoms with Gasteiger partial charge in [-0.25, -0.2) is 13.4 Å². The Hall–Kier alpha value is -3.02. The predicted molar refractivity (Wildman–Crippen MR) is 135 cm³/mol. The molecule has 2 aromatic heterocycles. The number of aryl methyl sites for hydroxylation is 1. The first-order chi connectivity index (χ1) is 16.4. The Morgan fingerprint density at radius 1 is 1.09 bits per heavy atom. The third kappa shape index (κ3) is 5.72. The molecule has 4 rings (SSSR count). The summed E-state index contributed by atoms with van der Waals surface area (Å²) in [7, 11) is -3.56. The molecular formula is C23H23N5O3S3. The Kier molecular flexibility index (Phi) is 7.44. The van der Waals surface area contributed by atoms with E-state index in [1.54, 1.807) is 28.8 Å². The number of nitrogens with zero attached hydrogens (tertiary/aromatic N) is 4. The van der Waals surface area contributed by atoms with Crippen molar-refractivity contribution in [1.29, 1.82) is 0 Å². The molecule has 0 saturated heterocycles. The first-order valence-corrected chi connectivity index (χ1v) is 14.0. The van der Waals surface area contributed by atoms with E-state index in [9.17, 15) is 13.2 Å². The van der Waals surface area contributed by atoms with E-state index in [-0.39, 0.29) is 22.3 Å². The Balaban J connectivity index is 1.39. The molecule has 34 heavy (non-hydrogen) atoms. The number of nitrogens with one attached hydrogen (secondary N) is 1. The van der Waals surface area contributed by atoms with Crippen LogP contribution in [0.4, 0.5) is 5.13 Å². The van der Waals surface area contributed by atoms with Gasteiger partial charge in [-0.05, 0) is 26.0 Å².